The lowest BCUT2D eigenvalue weighted by atomic mass is 10.0. The minimum atomic E-state index is -4.08. The molecular weight excluding hydrogens is 510 g/mol. The first-order valence-electron chi connectivity index (χ1n) is 13.1. The molecule has 1 unspecified atom stereocenters. The fourth-order valence-electron chi connectivity index (χ4n) is 4.11. The van der Waals surface area contributed by atoms with Crippen molar-refractivity contribution in [1.82, 2.24) is 10.2 Å². The highest BCUT2D eigenvalue weighted by atomic mass is 32.2. The third-order valence-electron chi connectivity index (χ3n) is 6.32. The van der Waals surface area contributed by atoms with E-state index in [2.05, 4.69) is 19.2 Å². The van der Waals surface area contributed by atoms with Gasteiger partial charge in [-0.15, -0.1) is 0 Å². The van der Waals surface area contributed by atoms with E-state index in [1.807, 2.05) is 63.2 Å². The number of hydrogen-bond donors (Lipinski definition) is 1. The minimum absolute atomic E-state index is 0.0823. The third-order valence-corrected chi connectivity index (χ3v) is 8.11. The first-order valence-corrected chi connectivity index (χ1v) is 14.6. The summed E-state index contributed by atoms with van der Waals surface area (Å²) in [5, 5.41) is 2.93. The van der Waals surface area contributed by atoms with Crippen molar-refractivity contribution in [2.75, 3.05) is 10.8 Å². The Morgan fingerprint density at radius 2 is 1.36 bits per heavy atom. The topological polar surface area (TPSA) is 86.8 Å². The van der Waals surface area contributed by atoms with Crippen molar-refractivity contribution in [1.29, 1.82) is 0 Å². The van der Waals surface area contributed by atoms with Crippen LogP contribution in [0.2, 0.25) is 0 Å². The number of hydrogen-bond acceptors (Lipinski definition) is 4. The standard InChI is InChI=1S/C31H39N3O4S/c1-23(2)26-17-19-27(20-18-26)34(39(37,38)28-15-11-8-12-16-28)22-29(35)33(21-25-13-9-7-10-14-25)24(3)30(36)32-31(4,5)6/h7-20,23-24H,21-22H2,1-6H3,(H,32,36). The summed E-state index contributed by atoms with van der Waals surface area (Å²) in [6.45, 7) is 11.1. The molecule has 0 aliphatic heterocycles. The molecule has 3 rings (SSSR count). The molecule has 208 valence electrons. The van der Waals surface area contributed by atoms with Gasteiger partial charge in [0.05, 0.1) is 10.6 Å². The predicted molar refractivity (Wildman–Crippen MR) is 156 cm³/mol. The Kier molecular flexibility index (Phi) is 9.56. The van der Waals surface area contributed by atoms with Gasteiger partial charge in [0.2, 0.25) is 11.8 Å². The monoisotopic (exact) mass is 549 g/mol. The number of sulfonamides is 1. The number of rotatable bonds is 10. The molecule has 0 aliphatic carbocycles. The van der Waals surface area contributed by atoms with Gasteiger partial charge in [-0.3, -0.25) is 13.9 Å². The third kappa shape index (κ3) is 7.93. The van der Waals surface area contributed by atoms with Crippen molar-refractivity contribution >= 4 is 27.5 Å². The summed E-state index contributed by atoms with van der Waals surface area (Å²) < 4.78 is 28.8. The van der Waals surface area contributed by atoms with Crippen LogP contribution in [0.4, 0.5) is 5.69 Å². The van der Waals surface area contributed by atoms with Gasteiger partial charge in [0.15, 0.2) is 0 Å². The van der Waals surface area contributed by atoms with Crippen LogP contribution in [0.3, 0.4) is 0 Å². The molecular formula is C31H39N3O4S. The van der Waals surface area contributed by atoms with Crippen LogP contribution < -0.4 is 9.62 Å². The van der Waals surface area contributed by atoms with Crippen molar-refractivity contribution < 1.29 is 18.0 Å². The van der Waals surface area contributed by atoms with Crippen LogP contribution in [-0.4, -0.2) is 43.3 Å². The molecule has 39 heavy (non-hydrogen) atoms. The molecule has 1 atom stereocenters. The minimum Gasteiger partial charge on any atom is -0.350 e. The molecule has 0 saturated carbocycles. The van der Waals surface area contributed by atoms with Gasteiger partial charge in [0.1, 0.15) is 12.6 Å². The van der Waals surface area contributed by atoms with E-state index in [9.17, 15) is 18.0 Å². The molecule has 7 nitrogen and oxygen atoms in total. The van der Waals surface area contributed by atoms with Crippen LogP contribution >= 0.6 is 0 Å². The molecule has 0 aliphatic rings. The van der Waals surface area contributed by atoms with Crippen molar-refractivity contribution in [3.8, 4) is 0 Å². The van der Waals surface area contributed by atoms with Crippen molar-refractivity contribution in [3.63, 3.8) is 0 Å². The molecule has 0 saturated heterocycles. The summed E-state index contributed by atoms with van der Waals surface area (Å²) in [5.74, 6) is -0.531. The highest BCUT2D eigenvalue weighted by molar-refractivity contribution is 7.92. The fraction of sp³-hybridized carbons (Fsp3) is 0.355. The Hall–Kier alpha value is -3.65. The lowest BCUT2D eigenvalue weighted by molar-refractivity contribution is -0.140. The average Bonchev–Trinajstić information content (AvgIpc) is 2.90. The summed E-state index contributed by atoms with van der Waals surface area (Å²) in [6.07, 6.45) is 0. The maximum Gasteiger partial charge on any atom is 0.264 e. The van der Waals surface area contributed by atoms with Crippen molar-refractivity contribution in [3.05, 3.63) is 96.1 Å². The van der Waals surface area contributed by atoms with Gasteiger partial charge in [-0.25, -0.2) is 8.42 Å². The molecule has 0 heterocycles. The quantitative estimate of drug-likeness (QED) is 0.370. The normalized spacial score (nSPS) is 12.6. The highest BCUT2D eigenvalue weighted by Gasteiger charge is 2.33. The zero-order valence-corrected chi connectivity index (χ0v) is 24.4. The van der Waals surface area contributed by atoms with Crippen LogP contribution in [0, 0.1) is 0 Å². The maximum absolute atomic E-state index is 13.9. The second kappa shape index (κ2) is 12.5. The number of anilines is 1. The van der Waals surface area contributed by atoms with Crippen LogP contribution in [0.15, 0.2) is 89.8 Å². The van der Waals surface area contributed by atoms with Crippen LogP contribution in [0.25, 0.3) is 0 Å². The molecule has 0 fully saturated rings. The molecule has 3 aromatic carbocycles. The zero-order valence-electron chi connectivity index (χ0n) is 23.6. The number of amides is 2. The molecule has 2 amide bonds. The average molecular weight is 550 g/mol. The van der Waals surface area contributed by atoms with Gasteiger partial charge < -0.3 is 10.2 Å². The zero-order chi connectivity index (χ0) is 28.8. The SMILES string of the molecule is CC(C)c1ccc(N(CC(=O)N(Cc2ccccc2)C(C)C(=O)NC(C)(C)C)S(=O)(=O)c2ccccc2)cc1. The molecule has 0 spiro atoms. The Morgan fingerprint density at radius 3 is 1.87 bits per heavy atom. The van der Waals surface area contributed by atoms with Gasteiger partial charge in [0, 0.05) is 12.1 Å². The smallest absolute Gasteiger partial charge is 0.264 e. The Balaban J connectivity index is 2.02. The Bertz CT molecular complexity index is 1350. The van der Waals surface area contributed by atoms with E-state index in [0.29, 0.717) is 5.69 Å². The lowest BCUT2D eigenvalue weighted by Crippen LogP contribution is -2.54. The van der Waals surface area contributed by atoms with Gasteiger partial charge >= 0.3 is 0 Å². The predicted octanol–water partition coefficient (Wildman–Crippen LogP) is 5.34. The number of carbonyl (C=O) groups is 2. The molecule has 1 N–H and O–H groups in total. The largest absolute Gasteiger partial charge is 0.350 e. The van der Waals surface area contributed by atoms with E-state index < -0.39 is 34.1 Å². The summed E-state index contributed by atoms with van der Waals surface area (Å²) >= 11 is 0. The van der Waals surface area contributed by atoms with E-state index in [1.54, 1.807) is 37.3 Å². The van der Waals surface area contributed by atoms with Gasteiger partial charge in [-0.1, -0.05) is 74.5 Å². The number of nitrogens with zero attached hydrogens (tertiary/aromatic N) is 2. The van der Waals surface area contributed by atoms with Crippen molar-refractivity contribution in [2.24, 2.45) is 0 Å². The highest BCUT2D eigenvalue weighted by Crippen LogP contribution is 2.26. The second-order valence-corrected chi connectivity index (χ2v) is 12.9. The number of carbonyl (C=O) groups excluding carboxylic acids is 2. The van der Waals surface area contributed by atoms with Crippen LogP contribution in [0.1, 0.15) is 58.6 Å². The summed E-state index contributed by atoms with van der Waals surface area (Å²) in [6, 6.07) is 23.8. The second-order valence-electron chi connectivity index (χ2n) is 11.0. The first-order chi connectivity index (χ1) is 18.3. The van der Waals surface area contributed by atoms with Crippen molar-refractivity contribution in [2.45, 2.75) is 70.5 Å². The van der Waals surface area contributed by atoms with E-state index in [0.717, 1.165) is 15.4 Å². The van der Waals surface area contributed by atoms with Gasteiger partial charge in [-0.05, 0) is 69.0 Å². The molecule has 3 aromatic rings. The van der Waals surface area contributed by atoms with E-state index in [1.165, 1.54) is 17.0 Å². The molecule has 8 heteroatoms. The summed E-state index contributed by atoms with van der Waals surface area (Å²) in [7, 11) is -4.08. The summed E-state index contributed by atoms with van der Waals surface area (Å²) in [4.78, 5) is 28.6. The van der Waals surface area contributed by atoms with Gasteiger partial charge in [0.25, 0.3) is 10.0 Å². The molecule has 0 aromatic heterocycles. The maximum atomic E-state index is 13.9. The lowest BCUT2D eigenvalue weighted by Gasteiger charge is -2.33. The van der Waals surface area contributed by atoms with E-state index >= 15 is 0 Å². The molecule has 0 bridgehead atoms. The number of benzene rings is 3. The van der Waals surface area contributed by atoms with E-state index in [4.69, 9.17) is 0 Å². The first kappa shape index (κ1) is 29.9. The fourth-order valence-corrected chi connectivity index (χ4v) is 5.55. The van der Waals surface area contributed by atoms with Crippen LogP contribution in [-0.2, 0) is 26.2 Å². The Labute approximate surface area is 232 Å². The number of nitrogens with one attached hydrogen (secondary N) is 1. The Morgan fingerprint density at radius 1 is 0.821 bits per heavy atom. The molecule has 0 radical (unpaired) electrons. The van der Waals surface area contributed by atoms with Gasteiger partial charge in [-0.2, -0.15) is 0 Å². The van der Waals surface area contributed by atoms with Crippen LogP contribution in [0.5, 0.6) is 0 Å². The van der Waals surface area contributed by atoms with E-state index in [-0.39, 0.29) is 23.3 Å². The summed E-state index contributed by atoms with van der Waals surface area (Å²) in [5.41, 5.74) is 1.77.